The molecule has 0 saturated carbocycles. The zero-order valence-electron chi connectivity index (χ0n) is 7.97. The number of anilines is 1. The lowest BCUT2D eigenvalue weighted by Gasteiger charge is -1.98. The first-order chi connectivity index (χ1) is 7.49. The first-order valence-electron chi connectivity index (χ1n) is 4.20. The van der Waals surface area contributed by atoms with Crippen molar-refractivity contribution in [1.29, 1.82) is 0 Å². The van der Waals surface area contributed by atoms with Gasteiger partial charge >= 0.3 is 11.9 Å². The monoisotopic (exact) mass is 244 g/mol. The number of hydrogen-bond acceptors (Lipinski definition) is 5. The fourth-order valence-corrected chi connectivity index (χ4v) is 1.50. The van der Waals surface area contributed by atoms with Crippen molar-refractivity contribution in [1.82, 2.24) is 4.98 Å². The quantitative estimate of drug-likeness (QED) is 0.699. The third-order valence-corrected chi connectivity index (χ3v) is 2.43. The Kier molecular flexibility index (Phi) is 3.95. The van der Waals surface area contributed by atoms with Gasteiger partial charge < -0.3 is 15.5 Å². The van der Waals surface area contributed by atoms with Crippen molar-refractivity contribution in [3.63, 3.8) is 0 Å². The van der Waals surface area contributed by atoms with Crippen LogP contribution in [-0.4, -0.2) is 33.0 Å². The van der Waals surface area contributed by atoms with E-state index >= 15 is 0 Å². The molecule has 1 aromatic rings. The van der Waals surface area contributed by atoms with E-state index in [2.05, 4.69) is 10.3 Å². The second kappa shape index (κ2) is 5.21. The zero-order valence-corrected chi connectivity index (χ0v) is 8.78. The van der Waals surface area contributed by atoms with E-state index < -0.39 is 17.8 Å². The molecule has 0 aromatic carbocycles. The lowest BCUT2D eigenvalue weighted by atomic mass is 10.3. The van der Waals surface area contributed by atoms with Gasteiger partial charge in [0.2, 0.25) is 5.91 Å². The van der Waals surface area contributed by atoms with Crippen molar-refractivity contribution < 1.29 is 24.6 Å². The highest BCUT2D eigenvalue weighted by Gasteiger charge is 2.11. The van der Waals surface area contributed by atoms with Crippen LogP contribution < -0.4 is 5.32 Å². The Bertz CT molecular complexity index is 428. The summed E-state index contributed by atoms with van der Waals surface area (Å²) in [6.07, 6.45) is 0.681. The maximum Gasteiger partial charge on any atom is 0.347 e. The van der Waals surface area contributed by atoms with E-state index in [1.807, 2.05) is 0 Å². The predicted molar refractivity (Wildman–Crippen MR) is 54.6 cm³/mol. The lowest BCUT2D eigenvalue weighted by Crippen LogP contribution is -2.12. The Morgan fingerprint density at radius 1 is 1.31 bits per heavy atom. The van der Waals surface area contributed by atoms with Crippen LogP contribution in [0.4, 0.5) is 5.13 Å². The molecule has 1 aromatic heterocycles. The third kappa shape index (κ3) is 3.65. The van der Waals surface area contributed by atoms with Crippen LogP contribution in [0.25, 0.3) is 0 Å². The number of amides is 1. The Morgan fingerprint density at radius 2 is 2.00 bits per heavy atom. The maximum absolute atomic E-state index is 11.1. The van der Waals surface area contributed by atoms with Gasteiger partial charge in [-0.15, -0.1) is 0 Å². The summed E-state index contributed by atoms with van der Waals surface area (Å²) in [6, 6.07) is 0. The minimum Gasteiger partial charge on any atom is -0.481 e. The van der Waals surface area contributed by atoms with Gasteiger partial charge in [-0.1, -0.05) is 11.3 Å². The van der Waals surface area contributed by atoms with Crippen LogP contribution in [0.15, 0.2) is 6.20 Å². The van der Waals surface area contributed by atoms with E-state index in [-0.39, 0.29) is 22.9 Å². The summed E-state index contributed by atoms with van der Waals surface area (Å²) in [7, 11) is 0. The molecule has 0 aliphatic carbocycles. The smallest absolute Gasteiger partial charge is 0.347 e. The van der Waals surface area contributed by atoms with Crippen molar-refractivity contribution >= 4 is 34.3 Å². The summed E-state index contributed by atoms with van der Waals surface area (Å²) in [6.45, 7) is 0. The van der Waals surface area contributed by atoms with Crippen LogP contribution >= 0.6 is 11.3 Å². The Hall–Kier alpha value is -1.96. The summed E-state index contributed by atoms with van der Waals surface area (Å²) in [5, 5.41) is 19.4. The van der Waals surface area contributed by atoms with Crippen LogP contribution in [-0.2, 0) is 9.59 Å². The molecule has 0 spiro atoms. The minimum atomic E-state index is -1.12. The van der Waals surface area contributed by atoms with E-state index in [4.69, 9.17) is 10.2 Å². The first-order valence-corrected chi connectivity index (χ1v) is 5.01. The summed E-state index contributed by atoms with van der Waals surface area (Å²) in [5.41, 5.74) is 0. The number of thiazole rings is 1. The number of aliphatic carboxylic acids is 1. The SMILES string of the molecule is O=C(O)CCC(=O)Nc1ncc(C(=O)O)s1. The van der Waals surface area contributed by atoms with Crippen LogP contribution in [0.5, 0.6) is 0 Å². The number of nitrogens with one attached hydrogen (secondary N) is 1. The van der Waals surface area contributed by atoms with Crippen LogP contribution in [0.2, 0.25) is 0 Å². The van der Waals surface area contributed by atoms with Gasteiger partial charge in [-0.25, -0.2) is 9.78 Å². The highest BCUT2D eigenvalue weighted by molar-refractivity contribution is 7.17. The molecule has 86 valence electrons. The highest BCUT2D eigenvalue weighted by Crippen LogP contribution is 2.17. The number of carboxylic acids is 2. The fraction of sp³-hybridized carbons (Fsp3) is 0.250. The van der Waals surface area contributed by atoms with Crippen LogP contribution in [0.1, 0.15) is 22.5 Å². The van der Waals surface area contributed by atoms with E-state index in [9.17, 15) is 14.4 Å². The molecule has 0 bridgehead atoms. The average Bonchev–Trinajstić information content (AvgIpc) is 2.63. The molecule has 0 radical (unpaired) electrons. The summed E-state index contributed by atoms with van der Waals surface area (Å²) in [4.78, 5) is 35.5. The van der Waals surface area contributed by atoms with Gasteiger partial charge in [0.05, 0.1) is 12.6 Å². The van der Waals surface area contributed by atoms with E-state index in [0.29, 0.717) is 0 Å². The van der Waals surface area contributed by atoms with E-state index in [1.165, 1.54) is 0 Å². The largest absolute Gasteiger partial charge is 0.481 e. The van der Waals surface area contributed by atoms with E-state index in [1.54, 1.807) is 0 Å². The molecule has 0 atom stereocenters. The molecule has 1 rings (SSSR count). The number of carbonyl (C=O) groups is 3. The van der Waals surface area contributed by atoms with Crippen molar-refractivity contribution in [2.75, 3.05) is 5.32 Å². The van der Waals surface area contributed by atoms with Crippen LogP contribution in [0, 0.1) is 0 Å². The first kappa shape index (κ1) is 12.1. The summed E-state index contributed by atoms with van der Waals surface area (Å²) in [5.74, 6) is -2.70. The normalized spacial score (nSPS) is 9.75. The van der Waals surface area contributed by atoms with Gasteiger partial charge in [0.15, 0.2) is 5.13 Å². The van der Waals surface area contributed by atoms with Gasteiger partial charge in [0.25, 0.3) is 0 Å². The molecular formula is C8H8N2O5S. The number of aromatic nitrogens is 1. The van der Waals surface area contributed by atoms with Gasteiger partial charge in [-0.2, -0.15) is 0 Å². The van der Waals surface area contributed by atoms with Gasteiger partial charge in [0, 0.05) is 6.42 Å². The number of nitrogens with zero attached hydrogens (tertiary/aromatic N) is 1. The number of carboxylic acid groups (broad SMARTS) is 2. The minimum absolute atomic E-state index is 0.00790. The standard InChI is InChI=1S/C8H8N2O5S/c11-5(1-2-6(12)13)10-8-9-3-4(16-8)7(14)15/h3H,1-2H2,(H,12,13)(H,14,15)(H,9,10,11). The predicted octanol–water partition coefficient (Wildman–Crippen LogP) is 0.645. The van der Waals surface area contributed by atoms with Crippen molar-refractivity contribution in [3.8, 4) is 0 Å². The molecule has 1 amide bonds. The topological polar surface area (TPSA) is 117 Å². The number of rotatable bonds is 5. The van der Waals surface area contributed by atoms with Gasteiger partial charge in [-0.05, 0) is 0 Å². The molecule has 0 aliphatic heterocycles. The van der Waals surface area contributed by atoms with E-state index in [0.717, 1.165) is 17.5 Å². The number of carbonyl (C=O) groups excluding carboxylic acids is 1. The molecule has 0 saturated heterocycles. The maximum atomic E-state index is 11.1. The van der Waals surface area contributed by atoms with Gasteiger partial charge in [-0.3, -0.25) is 9.59 Å². The third-order valence-electron chi connectivity index (χ3n) is 1.53. The highest BCUT2D eigenvalue weighted by atomic mass is 32.1. The fourth-order valence-electron chi connectivity index (χ4n) is 0.833. The second-order valence-corrected chi connectivity index (χ2v) is 3.81. The molecule has 0 aliphatic rings. The lowest BCUT2D eigenvalue weighted by molar-refractivity contribution is -0.138. The number of hydrogen-bond donors (Lipinski definition) is 3. The molecule has 16 heavy (non-hydrogen) atoms. The molecular weight excluding hydrogens is 236 g/mol. The molecule has 8 heteroatoms. The molecule has 3 N–H and O–H groups in total. The molecule has 0 unspecified atom stereocenters. The average molecular weight is 244 g/mol. The van der Waals surface area contributed by atoms with Crippen molar-refractivity contribution in [2.45, 2.75) is 12.8 Å². The molecule has 7 nitrogen and oxygen atoms in total. The summed E-state index contributed by atoms with van der Waals surface area (Å²) < 4.78 is 0. The number of aromatic carboxylic acids is 1. The Morgan fingerprint density at radius 3 is 2.50 bits per heavy atom. The summed E-state index contributed by atoms with van der Waals surface area (Å²) >= 11 is 0.814. The second-order valence-electron chi connectivity index (χ2n) is 2.78. The molecule has 1 heterocycles. The van der Waals surface area contributed by atoms with Gasteiger partial charge in [0.1, 0.15) is 4.88 Å². The Balaban J connectivity index is 2.49. The molecule has 0 fully saturated rings. The Labute approximate surface area is 93.7 Å². The van der Waals surface area contributed by atoms with Crippen LogP contribution in [0.3, 0.4) is 0 Å². The zero-order chi connectivity index (χ0) is 12.1. The van der Waals surface area contributed by atoms with Crippen molar-refractivity contribution in [3.05, 3.63) is 11.1 Å². The van der Waals surface area contributed by atoms with Crippen molar-refractivity contribution in [2.24, 2.45) is 0 Å².